The molecule has 4 nitrogen and oxygen atoms in total. The summed E-state index contributed by atoms with van der Waals surface area (Å²) >= 11 is 0. The highest BCUT2D eigenvalue weighted by Crippen LogP contribution is 2.29. The van der Waals surface area contributed by atoms with Gasteiger partial charge in [0.05, 0.1) is 11.9 Å². The van der Waals surface area contributed by atoms with Crippen LogP contribution in [0.25, 0.3) is 5.69 Å². The van der Waals surface area contributed by atoms with Gasteiger partial charge in [0.25, 0.3) is 0 Å². The molecule has 0 spiro atoms. The van der Waals surface area contributed by atoms with Crippen LogP contribution in [0.2, 0.25) is 0 Å². The fourth-order valence-electron chi connectivity index (χ4n) is 1.29. The fraction of sp³-hybridized carbons (Fsp3) is 0.200. The number of para-hydroxylation sites is 1. The lowest BCUT2D eigenvalue weighted by Crippen LogP contribution is -2.28. The number of nitrogens with two attached hydrogens (primary N) is 1. The molecule has 0 aliphatic rings. The fourth-order valence-corrected chi connectivity index (χ4v) is 1.29. The minimum atomic E-state index is -4.52. The molecule has 0 radical (unpaired) electrons. The van der Waals surface area contributed by atoms with Gasteiger partial charge in [0.2, 0.25) is 0 Å². The van der Waals surface area contributed by atoms with Crippen LogP contribution in [0.5, 0.6) is 0 Å². The Kier molecular flexibility index (Phi) is 2.84. The predicted molar refractivity (Wildman–Crippen MR) is 54.3 cm³/mol. The van der Waals surface area contributed by atoms with Gasteiger partial charge in [0.15, 0.2) is 0 Å². The van der Waals surface area contributed by atoms with Crippen LogP contribution in [-0.4, -0.2) is 21.2 Å². The highest BCUT2D eigenvalue weighted by atomic mass is 19.4. The Hall–Kier alpha value is -1.89. The highest BCUT2D eigenvalue weighted by molar-refractivity contribution is 5.30. The van der Waals surface area contributed by atoms with Gasteiger partial charge in [0, 0.05) is 0 Å². The molecular formula is C10H9F3N4. The lowest BCUT2D eigenvalue weighted by atomic mass is 10.2. The third-order valence-corrected chi connectivity index (χ3v) is 2.20. The Balaban J connectivity index is 2.28. The van der Waals surface area contributed by atoms with Crippen LogP contribution in [0.3, 0.4) is 0 Å². The molecule has 17 heavy (non-hydrogen) atoms. The van der Waals surface area contributed by atoms with Gasteiger partial charge in [-0.1, -0.05) is 23.4 Å². The first kappa shape index (κ1) is 11.6. The standard InChI is InChI=1S/C10H9F3N4/c11-10(12,13)9(14)8-6-17(16-15-8)7-4-2-1-3-5-7/h1-6,9H,14H2. The van der Waals surface area contributed by atoms with Crippen LogP contribution in [0, 0.1) is 0 Å². The largest absolute Gasteiger partial charge is 0.409 e. The van der Waals surface area contributed by atoms with Crippen LogP contribution < -0.4 is 5.73 Å². The molecule has 7 heteroatoms. The van der Waals surface area contributed by atoms with E-state index in [0.717, 1.165) is 0 Å². The molecule has 90 valence electrons. The summed E-state index contributed by atoms with van der Waals surface area (Å²) in [4.78, 5) is 0. The first-order valence-corrected chi connectivity index (χ1v) is 4.78. The normalized spacial score (nSPS) is 13.6. The van der Waals surface area contributed by atoms with Gasteiger partial charge in [-0.2, -0.15) is 13.2 Å². The number of benzene rings is 1. The van der Waals surface area contributed by atoms with Crippen LogP contribution >= 0.6 is 0 Å². The lowest BCUT2D eigenvalue weighted by molar-refractivity contribution is -0.150. The molecule has 1 aromatic carbocycles. The van der Waals surface area contributed by atoms with Crippen LogP contribution in [-0.2, 0) is 0 Å². The second-order valence-corrected chi connectivity index (χ2v) is 3.44. The van der Waals surface area contributed by atoms with E-state index in [2.05, 4.69) is 10.3 Å². The van der Waals surface area contributed by atoms with Crippen molar-refractivity contribution in [3.05, 3.63) is 42.2 Å². The molecule has 0 saturated heterocycles. The molecule has 0 fully saturated rings. The van der Waals surface area contributed by atoms with Crippen LogP contribution in [0.1, 0.15) is 11.7 Å². The van der Waals surface area contributed by atoms with E-state index in [-0.39, 0.29) is 5.69 Å². The number of halogens is 3. The van der Waals surface area contributed by atoms with Crippen molar-refractivity contribution >= 4 is 0 Å². The zero-order valence-electron chi connectivity index (χ0n) is 8.59. The number of nitrogens with zero attached hydrogens (tertiary/aromatic N) is 3. The minimum absolute atomic E-state index is 0.304. The van der Waals surface area contributed by atoms with Gasteiger partial charge in [-0.3, -0.25) is 0 Å². The number of alkyl halides is 3. The zero-order chi connectivity index (χ0) is 12.5. The molecule has 2 rings (SSSR count). The molecule has 0 aliphatic carbocycles. The van der Waals surface area contributed by atoms with Gasteiger partial charge in [-0.25, -0.2) is 4.68 Å². The average molecular weight is 242 g/mol. The van der Waals surface area contributed by atoms with Crippen molar-refractivity contribution in [1.82, 2.24) is 15.0 Å². The van der Waals surface area contributed by atoms with Gasteiger partial charge in [-0.05, 0) is 12.1 Å². The molecule has 0 aliphatic heterocycles. The summed E-state index contributed by atoms with van der Waals surface area (Å²) in [6, 6.07) is 6.60. The van der Waals surface area contributed by atoms with Crippen molar-refractivity contribution in [2.24, 2.45) is 5.73 Å². The lowest BCUT2D eigenvalue weighted by Gasteiger charge is -2.11. The highest BCUT2D eigenvalue weighted by Gasteiger charge is 2.39. The van der Waals surface area contributed by atoms with Gasteiger partial charge in [0.1, 0.15) is 11.7 Å². The summed E-state index contributed by atoms with van der Waals surface area (Å²) < 4.78 is 38.3. The van der Waals surface area contributed by atoms with Gasteiger partial charge >= 0.3 is 6.18 Å². The Morgan fingerprint density at radius 2 is 1.82 bits per heavy atom. The number of rotatable bonds is 2. The SMILES string of the molecule is NC(c1cn(-c2ccccc2)nn1)C(F)(F)F. The van der Waals surface area contributed by atoms with Crippen molar-refractivity contribution < 1.29 is 13.2 Å². The van der Waals surface area contributed by atoms with E-state index < -0.39 is 12.2 Å². The van der Waals surface area contributed by atoms with Crippen molar-refractivity contribution in [2.45, 2.75) is 12.2 Å². The maximum absolute atomic E-state index is 12.3. The maximum Gasteiger partial charge on any atom is 0.409 e. The quantitative estimate of drug-likeness (QED) is 0.874. The number of hydrogen-bond acceptors (Lipinski definition) is 3. The molecule has 1 unspecified atom stereocenters. The van der Waals surface area contributed by atoms with Crippen LogP contribution in [0.4, 0.5) is 13.2 Å². The average Bonchev–Trinajstić information content (AvgIpc) is 2.77. The summed E-state index contributed by atoms with van der Waals surface area (Å²) in [7, 11) is 0. The molecule has 0 amide bonds. The summed E-state index contributed by atoms with van der Waals surface area (Å²) in [6.07, 6.45) is -3.34. The smallest absolute Gasteiger partial charge is 0.315 e. The summed E-state index contributed by atoms with van der Waals surface area (Å²) in [5.74, 6) is 0. The number of hydrogen-bond donors (Lipinski definition) is 1. The molecule has 0 saturated carbocycles. The molecular weight excluding hydrogens is 233 g/mol. The first-order chi connectivity index (χ1) is 7.98. The van der Waals surface area contributed by atoms with E-state index in [9.17, 15) is 13.2 Å². The van der Waals surface area contributed by atoms with Crippen molar-refractivity contribution in [2.75, 3.05) is 0 Å². The number of aromatic nitrogens is 3. The molecule has 0 bridgehead atoms. The molecule has 1 atom stereocenters. The summed E-state index contributed by atoms with van der Waals surface area (Å²) in [6.45, 7) is 0. The third-order valence-electron chi connectivity index (χ3n) is 2.20. The van der Waals surface area contributed by atoms with E-state index >= 15 is 0 Å². The maximum atomic E-state index is 12.3. The van der Waals surface area contributed by atoms with Gasteiger partial charge in [-0.15, -0.1) is 5.10 Å². The third kappa shape index (κ3) is 2.44. The Labute approximate surface area is 94.9 Å². The Morgan fingerprint density at radius 1 is 1.18 bits per heavy atom. The Bertz CT molecular complexity index is 492. The summed E-state index contributed by atoms with van der Waals surface area (Å²) in [5.41, 5.74) is 5.34. The molecule has 1 aromatic heterocycles. The van der Waals surface area contributed by atoms with E-state index in [0.29, 0.717) is 5.69 Å². The van der Waals surface area contributed by atoms with E-state index in [4.69, 9.17) is 5.73 Å². The predicted octanol–water partition coefficient (Wildman–Crippen LogP) is 1.83. The first-order valence-electron chi connectivity index (χ1n) is 4.78. The van der Waals surface area contributed by atoms with Gasteiger partial charge < -0.3 is 5.73 Å². The zero-order valence-corrected chi connectivity index (χ0v) is 8.59. The monoisotopic (exact) mass is 242 g/mol. The molecule has 2 aromatic rings. The topological polar surface area (TPSA) is 56.7 Å². The minimum Gasteiger partial charge on any atom is -0.315 e. The van der Waals surface area contributed by atoms with Crippen molar-refractivity contribution in [1.29, 1.82) is 0 Å². The van der Waals surface area contributed by atoms with E-state index in [1.165, 1.54) is 10.9 Å². The second-order valence-electron chi connectivity index (χ2n) is 3.44. The van der Waals surface area contributed by atoms with E-state index in [1.807, 2.05) is 0 Å². The molecule has 1 heterocycles. The van der Waals surface area contributed by atoms with Crippen molar-refractivity contribution in [3.8, 4) is 5.69 Å². The summed E-state index contributed by atoms with van der Waals surface area (Å²) in [5, 5.41) is 7.03. The van der Waals surface area contributed by atoms with Crippen molar-refractivity contribution in [3.63, 3.8) is 0 Å². The second kappa shape index (κ2) is 4.17. The van der Waals surface area contributed by atoms with Crippen LogP contribution in [0.15, 0.2) is 36.5 Å². The Morgan fingerprint density at radius 3 is 2.41 bits per heavy atom. The molecule has 2 N–H and O–H groups in total. The van der Waals surface area contributed by atoms with E-state index in [1.54, 1.807) is 30.3 Å².